The summed E-state index contributed by atoms with van der Waals surface area (Å²) in [7, 11) is 0. The molecule has 1 aliphatic carbocycles. The van der Waals surface area contributed by atoms with E-state index in [9.17, 15) is 8.78 Å². The Morgan fingerprint density at radius 3 is 2.00 bits per heavy atom. The van der Waals surface area contributed by atoms with Gasteiger partial charge < -0.3 is 18.9 Å². The van der Waals surface area contributed by atoms with E-state index in [1.807, 2.05) is 6.08 Å². The Morgan fingerprint density at radius 2 is 1.42 bits per heavy atom. The zero-order valence-electron chi connectivity index (χ0n) is 15.3. The lowest BCUT2D eigenvalue weighted by Crippen LogP contribution is -2.46. The molecule has 0 amide bonds. The van der Waals surface area contributed by atoms with E-state index in [1.54, 1.807) is 0 Å². The maximum Gasteiger partial charge on any atom is 0.266 e. The predicted octanol–water partition coefficient (Wildman–Crippen LogP) is 4.52. The van der Waals surface area contributed by atoms with Crippen LogP contribution in [0.15, 0.2) is 24.8 Å². The van der Waals surface area contributed by atoms with Gasteiger partial charge in [-0.3, -0.25) is 0 Å². The zero-order chi connectivity index (χ0) is 18.4. The fourth-order valence-electron chi connectivity index (χ4n) is 4.07. The van der Waals surface area contributed by atoms with Crippen molar-refractivity contribution in [3.05, 3.63) is 24.8 Å². The third kappa shape index (κ3) is 5.59. The van der Waals surface area contributed by atoms with Crippen LogP contribution >= 0.6 is 0 Å². The predicted molar refractivity (Wildman–Crippen MR) is 93.5 cm³/mol. The van der Waals surface area contributed by atoms with E-state index in [1.165, 1.54) is 0 Å². The van der Waals surface area contributed by atoms with Crippen molar-refractivity contribution in [2.75, 3.05) is 26.4 Å². The van der Waals surface area contributed by atoms with Crippen LogP contribution in [0.2, 0.25) is 0 Å². The summed E-state index contributed by atoms with van der Waals surface area (Å²) in [4.78, 5) is 0. The molecule has 0 atom stereocenters. The van der Waals surface area contributed by atoms with E-state index in [0.717, 1.165) is 44.6 Å². The molecule has 148 valence electrons. The molecule has 0 bridgehead atoms. The summed E-state index contributed by atoms with van der Waals surface area (Å²) in [6.45, 7) is 6.29. The summed E-state index contributed by atoms with van der Waals surface area (Å²) in [6.07, 6.45) is 6.26. The van der Waals surface area contributed by atoms with Crippen molar-refractivity contribution in [1.29, 1.82) is 0 Å². The Kier molecular flexibility index (Phi) is 7.61. The van der Waals surface area contributed by atoms with E-state index in [0.29, 0.717) is 38.3 Å². The number of halogens is 2. The Hall–Kier alpha value is -0.820. The molecule has 2 saturated heterocycles. The van der Waals surface area contributed by atoms with E-state index in [4.69, 9.17) is 18.9 Å². The van der Waals surface area contributed by atoms with Gasteiger partial charge in [-0.05, 0) is 50.5 Å². The molecular formula is C20H30F2O4. The van der Waals surface area contributed by atoms with Crippen molar-refractivity contribution in [3.8, 4) is 0 Å². The van der Waals surface area contributed by atoms with Gasteiger partial charge in [0.1, 0.15) is 0 Å². The van der Waals surface area contributed by atoms with Crippen molar-refractivity contribution >= 4 is 0 Å². The summed E-state index contributed by atoms with van der Waals surface area (Å²) in [5.41, 5.74) is 0. The topological polar surface area (TPSA) is 36.9 Å². The molecule has 2 heterocycles. The fourth-order valence-corrected chi connectivity index (χ4v) is 4.07. The van der Waals surface area contributed by atoms with Crippen LogP contribution in [0.1, 0.15) is 38.5 Å². The summed E-state index contributed by atoms with van der Waals surface area (Å²) < 4.78 is 48.3. The SMILES string of the molecule is C=CCCC1COC(C2COC(C3CCC(C=C(F)F)CC3)OC2)OC1. The number of hydrogen-bond acceptors (Lipinski definition) is 4. The normalized spacial score (nSPS) is 38.5. The molecule has 1 saturated carbocycles. The standard InChI is InChI=1S/C20H30F2O4/c1-2-3-4-15-10-23-20(24-11-15)17-12-25-19(26-13-17)16-7-5-14(6-8-16)9-18(21)22/h2,9,14-17,19-20H,1,3-8,10-13H2. The van der Waals surface area contributed by atoms with Gasteiger partial charge in [0, 0.05) is 11.8 Å². The van der Waals surface area contributed by atoms with E-state index < -0.39 is 6.08 Å². The van der Waals surface area contributed by atoms with Crippen molar-refractivity contribution in [1.82, 2.24) is 0 Å². The molecule has 3 rings (SSSR count). The van der Waals surface area contributed by atoms with Crippen molar-refractivity contribution in [2.24, 2.45) is 23.7 Å². The van der Waals surface area contributed by atoms with Gasteiger partial charge in [-0.1, -0.05) is 6.08 Å². The van der Waals surface area contributed by atoms with E-state index in [-0.39, 0.29) is 24.4 Å². The van der Waals surface area contributed by atoms with Crippen LogP contribution in [0.5, 0.6) is 0 Å². The quantitative estimate of drug-likeness (QED) is 0.643. The van der Waals surface area contributed by atoms with Gasteiger partial charge in [-0.25, -0.2) is 0 Å². The van der Waals surface area contributed by atoms with E-state index >= 15 is 0 Å². The van der Waals surface area contributed by atoms with E-state index in [2.05, 4.69) is 6.58 Å². The average molecular weight is 372 g/mol. The van der Waals surface area contributed by atoms with Crippen LogP contribution < -0.4 is 0 Å². The first-order valence-electron chi connectivity index (χ1n) is 9.75. The van der Waals surface area contributed by atoms with Crippen molar-refractivity contribution < 1.29 is 27.7 Å². The second kappa shape index (κ2) is 9.93. The first-order chi connectivity index (χ1) is 12.7. The van der Waals surface area contributed by atoms with Gasteiger partial charge in [0.05, 0.1) is 32.3 Å². The molecule has 4 nitrogen and oxygen atoms in total. The first kappa shape index (κ1) is 19.9. The van der Waals surface area contributed by atoms with Crippen LogP contribution in [0.3, 0.4) is 0 Å². The zero-order valence-corrected chi connectivity index (χ0v) is 15.3. The van der Waals surface area contributed by atoms with Crippen LogP contribution in [-0.4, -0.2) is 39.0 Å². The molecular weight excluding hydrogens is 342 g/mol. The minimum absolute atomic E-state index is 0.00865. The van der Waals surface area contributed by atoms with Gasteiger partial charge >= 0.3 is 0 Å². The molecule has 0 unspecified atom stereocenters. The highest BCUT2D eigenvalue weighted by molar-refractivity contribution is 4.91. The largest absolute Gasteiger partial charge is 0.352 e. The molecule has 0 aromatic heterocycles. The van der Waals surface area contributed by atoms with Gasteiger partial charge in [0.15, 0.2) is 12.6 Å². The minimum Gasteiger partial charge on any atom is -0.352 e. The molecule has 3 aliphatic rings. The highest BCUT2D eigenvalue weighted by Gasteiger charge is 2.37. The highest BCUT2D eigenvalue weighted by Crippen LogP contribution is 2.36. The summed E-state index contributed by atoms with van der Waals surface area (Å²) in [6, 6.07) is 0. The van der Waals surface area contributed by atoms with Gasteiger partial charge in [0.25, 0.3) is 6.08 Å². The average Bonchev–Trinajstić information content (AvgIpc) is 2.67. The number of hydrogen-bond donors (Lipinski definition) is 0. The number of ether oxygens (including phenoxy) is 4. The molecule has 0 aromatic carbocycles. The lowest BCUT2D eigenvalue weighted by Gasteiger charge is -2.40. The third-order valence-corrected chi connectivity index (χ3v) is 5.67. The molecule has 0 N–H and O–H groups in total. The number of allylic oxidation sites excluding steroid dienone is 2. The Bertz CT molecular complexity index is 456. The molecule has 6 heteroatoms. The Labute approximate surface area is 154 Å². The summed E-state index contributed by atoms with van der Waals surface area (Å²) in [5, 5.41) is 0. The smallest absolute Gasteiger partial charge is 0.266 e. The lowest BCUT2D eigenvalue weighted by atomic mass is 9.81. The molecule has 2 aliphatic heterocycles. The Balaban J connectivity index is 1.36. The maximum absolute atomic E-state index is 12.4. The monoisotopic (exact) mass is 372 g/mol. The molecule has 0 radical (unpaired) electrons. The second-order valence-electron chi connectivity index (χ2n) is 7.69. The molecule has 0 aromatic rings. The van der Waals surface area contributed by atoms with Crippen molar-refractivity contribution in [2.45, 2.75) is 51.1 Å². The maximum atomic E-state index is 12.4. The van der Waals surface area contributed by atoms with Gasteiger partial charge in [0.2, 0.25) is 0 Å². The lowest BCUT2D eigenvalue weighted by molar-refractivity contribution is -0.291. The van der Waals surface area contributed by atoms with Gasteiger partial charge in [-0.2, -0.15) is 8.78 Å². The van der Waals surface area contributed by atoms with Crippen LogP contribution in [0.25, 0.3) is 0 Å². The Morgan fingerprint density at radius 1 is 0.846 bits per heavy atom. The molecule has 0 spiro atoms. The second-order valence-corrected chi connectivity index (χ2v) is 7.69. The summed E-state index contributed by atoms with van der Waals surface area (Å²) >= 11 is 0. The fraction of sp³-hybridized carbons (Fsp3) is 0.800. The first-order valence-corrected chi connectivity index (χ1v) is 9.75. The van der Waals surface area contributed by atoms with Crippen LogP contribution in [-0.2, 0) is 18.9 Å². The molecule has 3 fully saturated rings. The third-order valence-electron chi connectivity index (χ3n) is 5.67. The summed E-state index contributed by atoms with van der Waals surface area (Å²) in [5.74, 6) is 0.803. The highest BCUT2D eigenvalue weighted by atomic mass is 19.3. The van der Waals surface area contributed by atoms with Crippen molar-refractivity contribution in [3.63, 3.8) is 0 Å². The number of rotatable bonds is 6. The van der Waals surface area contributed by atoms with Crippen LogP contribution in [0.4, 0.5) is 8.78 Å². The molecule has 26 heavy (non-hydrogen) atoms. The minimum atomic E-state index is -1.57. The van der Waals surface area contributed by atoms with Gasteiger partial charge in [-0.15, -0.1) is 6.58 Å². The van der Waals surface area contributed by atoms with Crippen LogP contribution in [0, 0.1) is 23.7 Å².